The van der Waals surface area contributed by atoms with Crippen LogP contribution in [0.25, 0.3) is 5.69 Å². The van der Waals surface area contributed by atoms with Gasteiger partial charge in [-0.1, -0.05) is 18.2 Å². The lowest BCUT2D eigenvalue weighted by molar-refractivity contribution is 0.102. The van der Waals surface area contributed by atoms with E-state index in [1.807, 2.05) is 37.4 Å². The third kappa shape index (κ3) is 2.15. The minimum Gasteiger partial charge on any atom is -0.340 e. The molecule has 0 aliphatic heterocycles. The third-order valence-electron chi connectivity index (χ3n) is 2.65. The van der Waals surface area contributed by atoms with E-state index in [-0.39, 0.29) is 11.5 Å². The number of para-hydroxylation sites is 1. The van der Waals surface area contributed by atoms with Crippen molar-refractivity contribution < 1.29 is 4.79 Å². The van der Waals surface area contributed by atoms with Crippen LogP contribution in [0.4, 0.5) is 0 Å². The van der Waals surface area contributed by atoms with E-state index in [1.165, 1.54) is 11.0 Å². The second kappa shape index (κ2) is 4.49. The predicted molar refractivity (Wildman–Crippen MR) is 68.0 cm³/mol. The Hall–Kier alpha value is -2.76. The zero-order chi connectivity index (χ0) is 13.2. The van der Waals surface area contributed by atoms with Crippen LogP contribution >= 0.6 is 0 Å². The van der Waals surface area contributed by atoms with Crippen LogP contribution in [-0.4, -0.2) is 30.3 Å². The molecule has 0 radical (unpaired) electrons. The van der Waals surface area contributed by atoms with Gasteiger partial charge in [0.05, 0.1) is 18.2 Å². The number of imidazole rings is 1. The molecule has 0 N–H and O–H groups in total. The van der Waals surface area contributed by atoms with Gasteiger partial charge < -0.3 is 4.57 Å². The van der Waals surface area contributed by atoms with Gasteiger partial charge in [-0.15, -0.1) is 5.10 Å². The highest BCUT2D eigenvalue weighted by atomic mass is 16.1. The molecule has 3 rings (SSSR count). The van der Waals surface area contributed by atoms with Crippen molar-refractivity contribution in [1.29, 1.82) is 0 Å². The van der Waals surface area contributed by atoms with Gasteiger partial charge in [0.25, 0.3) is 0 Å². The summed E-state index contributed by atoms with van der Waals surface area (Å²) < 4.78 is 1.72. The molecule has 19 heavy (non-hydrogen) atoms. The van der Waals surface area contributed by atoms with Gasteiger partial charge in [-0.25, -0.2) is 4.98 Å². The minimum absolute atomic E-state index is 0.234. The van der Waals surface area contributed by atoms with Gasteiger partial charge in [0.2, 0.25) is 5.78 Å². The number of hydrogen-bond acceptors (Lipinski definition) is 4. The first-order valence-corrected chi connectivity index (χ1v) is 5.74. The van der Waals surface area contributed by atoms with Crippen molar-refractivity contribution in [2.24, 2.45) is 7.05 Å². The first-order valence-electron chi connectivity index (χ1n) is 5.74. The average Bonchev–Trinajstić information content (AvgIpc) is 3.08. The normalized spacial score (nSPS) is 10.6. The Morgan fingerprint density at radius 3 is 2.63 bits per heavy atom. The van der Waals surface area contributed by atoms with Crippen LogP contribution in [0, 0.1) is 0 Å². The molecule has 0 fully saturated rings. The molecule has 0 unspecified atom stereocenters. The molecule has 0 bridgehead atoms. The molecule has 1 aromatic carbocycles. The van der Waals surface area contributed by atoms with Crippen LogP contribution in [0.1, 0.15) is 16.2 Å². The minimum atomic E-state index is -0.234. The second-order valence-corrected chi connectivity index (χ2v) is 4.11. The highest BCUT2D eigenvalue weighted by molar-refractivity contribution is 6.05. The number of nitrogens with zero attached hydrogens (tertiary/aromatic N) is 5. The summed E-state index contributed by atoms with van der Waals surface area (Å²) in [5.41, 5.74) is 1.45. The molecule has 0 amide bonds. The molecule has 0 aliphatic rings. The lowest BCUT2D eigenvalue weighted by Gasteiger charge is -1.97. The molecule has 0 aliphatic carbocycles. The molecule has 6 heteroatoms. The van der Waals surface area contributed by atoms with E-state index in [0.29, 0.717) is 5.69 Å². The molecule has 94 valence electrons. The SMILES string of the molecule is Cn1cnc(C(=O)c2cnn(-c3ccccc3)n2)c1. The molecule has 0 spiro atoms. The van der Waals surface area contributed by atoms with Crippen LogP contribution in [0.5, 0.6) is 0 Å². The molecule has 2 heterocycles. The Labute approximate surface area is 109 Å². The fourth-order valence-corrected chi connectivity index (χ4v) is 1.71. The first-order chi connectivity index (χ1) is 9.24. The van der Waals surface area contributed by atoms with Gasteiger partial charge in [-0.05, 0) is 12.1 Å². The maximum atomic E-state index is 12.1. The quantitative estimate of drug-likeness (QED) is 0.658. The molecular weight excluding hydrogens is 242 g/mol. The van der Waals surface area contributed by atoms with E-state index in [2.05, 4.69) is 15.2 Å². The Balaban J connectivity index is 1.92. The van der Waals surface area contributed by atoms with Gasteiger partial charge in [0.1, 0.15) is 5.69 Å². The Bertz CT molecular complexity index is 713. The predicted octanol–water partition coefficient (Wildman–Crippen LogP) is 1.23. The van der Waals surface area contributed by atoms with Crippen molar-refractivity contribution in [1.82, 2.24) is 24.5 Å². The standard InChI is InChI=1S/C13H11N5O/c1-17-8-12(14-9-17)13(19)11-7-15-18(16-11)10-5-3-2-4-6-10/h2-9H,1H3. The molecule has 6 nitrogen and oxygen atoms in total. The van der Waals surface area contributed by atoms with E-state index >= 15 is 0 Å². The third-order valence-corrected chi connectivity index (χ3v) is 2.65. The molecule has 0 saturated carbocycles. The summed E-state index contributed by atoms with van der Waals surface area (Å²) in [6.07, 6.45) is 4.68. The number of aromatic nitrogens is 5. The first kappa shape index (κ1) is 11.3. The van der Waals surface area contributed by atoms with Crippen molar-refractivity contribution in [3.8, 4) is 5.69 Å². The summed E-state index contributed by atoms with van der Waals surface area (Å²) in [7, 11) is 1.81. The maximum absolute atomic E-state index is 12.1. The molecule has 3 aromatic rings. The monoisotopic (exact) mass is 253 g/mol. The smallest absolute Gasteiger partial charge is 0.234 e. The van der Waals surface area contributed by atoms with E-state index < -0.39 is 0 Å². The Kier molecular flexibility index (Phi) is 2.68. The van der Waals surface area contributed by atoms with Crippen molar-refractivity contribution in [3.05, 3.63) is 60.4 Å². The van der Waals surface area contributed by atoms with Crippen molar-refractivity contribution in [3.63, 3.8) is 0 Å². The van der Waals surface area contributed by atoms with Crippen LogP contribution in [0.3, 0.4) is 0 Å². The summed E-state index contributed by atoms with van der Waals surface area (Å²) >= 11 is 0. The van der Waals surface area contributed by atoms with Gasteiger partial charge >= 0.3 is 0 Å². The fraction of sp³-hybridized carbons (Fsp3) is 0.0769. The molecule has 0 atom stereocenters. The number of carbonyl (C=O) groups is 1. The zero-order valence-electron chi connectivity index (χ0n) is 10.3. The number of hydrogen-bond donors (Lipinski definition) is 0. The molecular formula is C13H11N5O. The summed E-state index contributed by atoms with van der Waals surface area (Å²) in [5.74, 6) is -0.234. The number of ketones is 1. The average molecular weight is 253 g/mol. The number of carbonyl (C=O) groups excluding carboxylic acids is 1. The Morgan fingerprint density at radius 2 is 1.95 bits per heavy atom. The lowest BCUT2D eigenvalue weighted by atomic mass is 10.2. The summed E-state index contributed by atoms with van der Waals surface area (Å²) in [6.45, 7) is 0. The number of aryl methyl sites for hydroxylation is 1. The Morgan fingerprint density at radius 1 is 1.16 bits per heavy atom. The summed E-state index contributed by atoms with van der Waals surface area (Å²) in [6, 6.07) is 9.43. The fourth-order valence-electron chi connectivity index (χ4n) is 1.71. The van der Waals surface area contributed by atoms with Gasteiger partial charge in [0, 0.05) is 13.2 Å². The van der Waals surface area contributed by atoms with Crippen LogP contribution in [-0.2, 0) is 7.05 Å². The van der Waals surface area contributed by atoms with E-state index in [9.17, 15) is 4.79 Å². The van der Waals surface area contributed by atoms with Crippen molar-refractivity contribution >= 4 is 5.78 Å². The lowest BCUT2D eigenvalue weighted by Crippen LogP contribution is -2.05. The largest absolute Gasteiger partial charge is 0.340 e. The van der Waals surface area contributed by atoms with E-state index in [0.717, 1.165) is 5.69 Å². The highest BCUT2D eigenvalue weighted by Gasteiger charge is 2.15. The number of rotatable bonds is 3. The topological polar surface area (TPSA) is 65.6 Å². The molecule has 0 saturated heterocycles. The van der Waals surface area contributed by atoms with Crippen molar-refractivity contribution in [2.45, 2.75) is 0 Å². The maximum Gasteiger partial charge on any atom is 0.234 e. The van der Waals surface area contributed by atoms with E-state index in [1.54, 1.807) is 17.1 Å². The van der Waals surface area contributed by atoms with E-state index in [4.69, 9.17) is 0 Å². The van der Waals surface area contributed by atoms with Crippen molar-refractivity contribution in [2.75, 3.05) is 0 Å². The second-order valence-electron chi connectivity index (χ2n) is 4.11. The molecule has 2 aromatic heterocycles. The summed E-state index contributed by atoms with van der Waals surface area (Å²) in [4.78, 5) is 17.5. The van der Waals surface area contributed by atoms with Crippen LogP contribution in [0.2, 0.25) is 0 Å². The summed E-state index contributed by atoms with van der Waals surface area (Å²) in [5, 5.41) is 8.26. The van der Waals surface area contributed by atoms with Crippen LogP contribution in [0.15, 0.2) is 49.1 Å². The number of benzene rings is 1. The zero-order valence-corrected chi connectivity index (χ0v) is 10.3. The van der Waals surface area contributed by atoms with Gasteiger partial charge in [-0.3, -0.25) is 4.79 Å². The van der Waals surface area contributed by atoms with Gasteiger partial charge in [-0.2, -0.15) is 9.90 Å². The van der Waals surface area contributed by atoms with Crippen LogP contribution < -0.4 is 0 Å². The van der Waals surface area contributed by atoms with Gasteiger partial charge in [0.15, 0.2) is 5.69 Å². The highest BCUT2D eigenvalue weighted by Crippen LogP contribution is 2.07.